The Morgan fingerprint density at radius 1 is 1.17 bits per heavy atom. The van der Waals surface area contributed by atoms with Gasteiger partial charge in [0.15, 0.2) is 15.0 Å². The van der Waals surface area contributed by atoms with E-state index in [2.05, 4.69) is 4.98 Å². The third-order valence-electron chi connectivity index (χ3n) is 5.64. The van der Waals surface area contributed by atoms with Crippen LogP contribution in [0.5, 0.6) is 0 Å². The van der Waals surface area contributed by atoms with Crippen molar-refractivity contribution in [2.24, 2.45) is 0 Å². The molecule has 2 heterocycles. The molecule has 0 unspecified atom stereocenters. The lowest BCUT2D eigenvalue weighted by Gasteiger charge is -2.34. The zero-order valence-corrected chi connectivity index (χ0v) is 18.4. The Morgan fingerprint density at radius 3 is 2.55 bits per heavy atom. The molecule has 1 saturated heterocycles. The van der Waals surface area contributed by atoms with E-state index in [0.29, 0.717) is 11.4 Å². The van der Waals surface area contributed by atoms with Gasteiger partial charge in [0.25, 0.3) is 0 Å². The van der Waals surface area contributed by atoms with Gasteiger partial charge in [0.05, 0.1) is 17.3 Å². The number of carbonyl (C=O) groups excluding carboxylic acids is 1. The lowest BCUT2D eigenvalue weighted by atomic mass is 10.1. The van der Waals surface area contributed by atoms with Gasteiger partial charge >= 0.3 is 0 Å². The average Bonchev–Trinajstić information content (AvgIpc) is 3.43. The third-order valence-corrected chi connectivity index (χ3v) is 8.60. The van der Waals surface area contributed by atoms with Gasteiger partial charge in [0.1, 0.15) is 0 Å². The van der Waals surface area contributed by atoms with Crippen LogP contribution in [-0.2, 0) is 14.6 Å². The predicted molar refractivity (Wildman–Crippen MR) is 115 cm³/mol. The molecular weight excluding hydrogens is 430 g/mol. The number of sulfone groups is 1. The molecule has 1 saturated carbocycles. The zero-order valence-electron chi connectivity index (χ0n) is 16.0. The average molecular weight is 454 g/mol. The largest absolute Gasteiger partial charge is 0.335 e. The molecule has 2 aliphatic rings. The number of rotatable bonds is 6. The summed E-state index contributed by atoms with van der Waals surface area (Å²) in [6.07, 6.45) is 8.24. The first kappa shape index (κ1) is 20.8. The first-order valence-electron chi connectivity index (χ1n) is 9.87. The van der Waals surface area contributed by atoms with Crippen LogP contribution in [0.2, 0.25) is 5.02 Å². The van der Waals surface area contributed by atoms with Crippen LogP contribution in [0.4, 0.5) is 0 Å². The predicted octanol–water partition coefficient (Wildman–Crippen LogP) is 3.58. The number of nitrogens with zero attached hydrogens (tertiary/aromatic N) is 3. The lowest BCUT2D eigenvalue weighted by molar-refractivity contribution is -0.132. The van der Waals surface area contributed by atoms with Gasteiger partial charge in [0.2, 0.25) is 5.91 Å². The maximum absolute atomic E-state index is 13.2. The molecule has 29 heavy (non-hydrogen) atoms. The van der Waals surface area contributed by atoms with Crippen molar-refractivity contribution < 1.29 is 13.2 Å². The molecule has 6 nitrogen and oxygen atoms in total. The fourth-order valence-electron chi connectivity index (χ4n) is 4.28. The summed E-state index contributed by atoms with van der Waals surface area (Å²) in [5.74, 6) is 0.536. The maximum Gasteiger partial charge on any atom is 0.233 e. The number of carbonyl (C=O) groups is 1. The number of aromatic nitrogens is 2. The Hall–Kier alpha value is -1.51. The Morgan fingerprint density at radius 2 is 1.90 bits per heavy atom. The summed E-state index contributed by atoms with van der Waals surface area (Å²) in [4.78, 5) is 19.5. The van der Waals surface area contributed by atoms with Crippen molar-refractivity contribution in [1.29, 1.82) is 0 Å². The first-order chi connectivity index (χ1) is 13.9. The Balaban J connectivity index is 1.47. The normalized spacial score (nSPS) is 21.5. The van der Waals surface area contributed by atoms with Crippen LogP contribution in [0.25, 0.3) is 5.69 Å². The fourth-order valence-corrected chi connectivity index (χ4v) is 6.96. The minimum absolute atomic E-state index is 0.00894. The molecule has 0 bridgehead atoms. The van der Waals surface area contributed by atoms with Crippen molar-refractivity contribution in [3.05, 3.63) is 41.7 Å². The topological polar surface area (TPSA) is 72.3 Å². The number of benzene rings is 1. The SMILES string of the molecule is O=C(CSc1nccn1-c1ccc(Cl)cc1)N(C1CCCC1)[C@@H]1CCS(=O)(=O)C1. The van der Waals surface area contributed by atoms with Crippen molar-refractivity contribution in [2.45, 2.75) is 49.3 Å². The van der Waals surface area contributed by atoms with E-state index in [4.69, 9.17) is 11.6 Å². The minimum Gasteiger partial charge on any atom is -0.335 e. The van der Waals surface area contributed by atoms with E-state index in [9.17, 15) is 13.2 Å². The molecule has 0 radical (unpaired) electrons. The highest BCUT2D eigenvalue weighted by Crippen LogP contribution is 2.30. The molecular formula is C20H24ClN3O3S2. The van der Waals surface area contributed by atoms with E-state index in [1.54, 1.807) is 6.20 Å². The highest BCUT2D eigenvalue weighted by Gasteiger charge is 2.38. The van der Waals surface area contributed by atoms with E-state index < -0.39 is 9.84 Å². The first-order valence-corrected chi connectivity index (χ1v) is 13.0. The molecule has 0 N–H and O–H groups in total. The minimum atomic E-state index is -3.04. The van der Waals surface area contributed by atoms with Gasteiger partial charge in [-0.25, -0.2) is 13.4 Å². The van der Waals surface area contributed by atoms with Crippen molar-refractivity contribution in [3.8, 4) is 5.69 Å². The molecule has 0 spiro atoms. The number of hydrogen-bond donors (Lipinski definition) is 0. The standard InChI is InChI=1S/C20H24ClN3O3S2/c21-15-5-7-16(8-6-15)23-11-10-22-20(23)28-13-19(25)24(17-3-1-2-4-17)18-9-12-29(26,27)14-18/h5-8,10-11,17-18H,1-4,9,12-14H2/t18-/m1/s1. The molecule has 1 aliphatic carbocycles. The summed E-state index contributed by atoms with van der Waals surface area (Å²) in [5.41, 5.74) is 0.927. The zero-order chi connectivity index (χ0) is 20.4. The molecule has 1 aromatic heterocycles. The second-order valence-corrected chi connectivity index (χ2v) is 11.2. The van der Waals surface area contributed by atoms with Gasteiger partial charge in [-0.1, -0.05) is 36.2 Å². The molecule has 2 fully saturated rings. The van der Waals surface area contributed by atoms with Gasteiger partial charge in [-0.15, -0.1) is 0 Å². The van der Waals surface area contributed by atoms with Crippen molar-refractivity contribution in [1.82, 2.24) is 14.5 Å². The summed E-state index contributed by atoms with van der Waals surface area (Å²) < 4.78 is 25.9. The van der Waals surface area contributed by atoms with Crippen LogP contribution < -0.4 is 0 Å². The molecule has 156 valence electrons. The summed E-state index contributed by atoms with van der Waals surface area (Å²) in [6, 6.07) is 7.43. The van der Waals surface area contributed by atoms with Crippen LogP contribution in [0.15, 0.2) is 41.8 Å². The van der Waals surface area contributed by atoms with E-state index in [0.717, 1.165) is 36.5 Å². The summed E-state index contributed by atoms with van der Waals surface area (Å²) in [5, 5.41) is 1.39. The Bertz CT molecular complexity index is 969. The van der Waals surface area contributed by atoms with Crippen molar-refractivity contribution >= 4 is 39.1 Å². The molecule has 4 rings (SSSR count). The second-order valence-electron chi connectivity index (χ2n) is 7.64. The Kier molecular flexibility index (Phi) is 6.22. The Labute approximate surface area is 180 Å². The third kappa shape index (κ3) is 4.81. The number of imidazole rings is 1. The summed E-state index contributed by atoms with van der Waals surface area (Å²) in [7, 11) is -3.04. The molecule has 1 aliphatic heterocycles. The highest BCUT2D eigenvalue weighted by molar-refractivity contribution is 7.99. The van der Waals surface area contributed by atoms with Crippen LogP contribution in [0, 0.1) is 0 Å². The number of amides is 1. The van der Waals surface area contributed by atoms with Gasteiger partial charge in [0, 0.05) is 35.2 Å². The van der Waals surface area contributed by atoms with Crippen LogP contribution in [-0.4, -0.2) is 58.1 Å². The monoisotopic (exact) mass is 453 g/mol. The van der Waals surface area contributed by atoms with Gasteiger partial charge in [-0.2, -0.15) is 0 Å². The molecule has 1 aromatic carbocycles. The smallest absolute Gasteiger partial charge is 0.233 e. The molecule has 9 heteroatoms. The van der Waals surface area contributed by atoms with Gasteiger partial charge in [-0.05, 0) is 43.5 Å². The van der Waals surface area contributed by atoms with Crippen molar-refractivity contribution in [2.75, 3.05) is 17.3 Å². The molecule has 1 atom stereocenters. The molecule has 1 amide bonds. The van der Waals surface area contributed by atoms with Crippen LogP contribution in [0.1, 0.15) is 32.1 Å². The van der Waals surface area contributed by atoms with Crippen LogP contribution >= 0.6 is 23.4 Å². The van der Waals surface area contributed by atoms with Crippen LogP contribution in [0.3, 0.4) is 0 Å². The second kappa shape index (κ2) is 8.70. The van der Waals surface area contributed by atoms with E-state index in [-0.39, 0.29) is 35.2 Å². The number of thioether (sulfide) groups is 1. The number of hydrogen-bond acceptors (Lipinski definition) is 5. The van der Waals surface area contributed by atoms with E-state index in [1.165, 1.54) is 11.8 Å². The molecule has 2 aromatic rings. The van der Waals surface area contributed by atoms with Crippen molar-refractivity contribution in [3.63, 3.8) is 0 Å². The summed E-state index contributed by atoms with van der Waals surface area (Å²) in [6.45, 7) is 0. The maximum atomic E-state index is 13.2. The van der Waals surface area contributed by atoms with E-state index >= 15 is 0 Å². The number of halogens is 1. The van der Waals surface area contributed by atoms with Gasteiger partial charge in [-0.3, -0.25) is 9.36 Å². The fraction of sp³-hybridized carbons (Fsp3) is 0.500. The lowest BCUT2D eigenvalue weighted by Crippen LogP contribution is -2.47. The highest BCUT2D eigenvalue weighted by atomic mass is 35.5. The quantitative estimate of drug-likeness (QED) is 0.625. The summed E-state index contributed by atoms with van der Waals surface area (Å²) >= 11 is 7.36. The van der Waals surface area contributed by atoms with E-state index in [1.807, 2.05) is 39.9 Å². The van der Waals surface area contributed by atoms with Gasteiger partial charge < -0.3 is 4.90 Å².